The van der Waals surface area contributed by atoms with Gasteiger partial charge in [-0.3, -0.25) is 4.72 Å². The Kier molecular flexibility index (Phi) is 3.68. The number of rotatable bonds is 3. The zero-order valence-electron chi connectivity index (χ0n) is 10.1. The topological polar surface area (TPSA) is 66.4 Å². The van der Waals surface area contributed by atoms with Gasteiger partial charge < -0.3 is 5.11 Å². The predicted molar refractivity (Wildman–Crippen MR) is 75.1 cm³/mol. The SMILES string of the molecule is Cc1cc(O)ccc1NS(=O)(=O)c1ccccc1Cl. The molecule has 0 unspecified atom stereocenters. The molecule has 2 aromatic carbocycles. The largest absolute Gasteiger partial charge is 0.508 e. The van der Waals surface area contributed by atoms with Crippen molar-refractivity contribution in [3.8, 4) is 5.75 Å². The molecule has 2 aromatic rings. The lowest BCUT2D eigenvalue weighted by molar-refractivity contribution is 0.475. The first-order valence-electron chi connectivity index (χ1n) is 5.47. The van der Waals surface area contributed by atoms with Crippen molar-refractivity contribution >= 4 is 27.3 Å². The van der Waals surface area contributed by atoms with E-state index in [4.69, 9.17) is 11.6 Å². The van der Waals surface area contributed by atoms with E-state index in [2.05, 4.69) is 4.72 Å². The lowest BCUT2D eigenvalue weighted by atomic mass is 10.2. The highest BCUT2D eigenvalue weighted by Crippen LogP contribution is 2.26. The van der Waals surface area contributed by atoms with Gasteiger partial charge in [0.2, 0.25) is 0 Å². The lowest BCUT2D eigenvalue weighted by Gasteiger charge is -2.11. The molecule has 0 aromatic heterocycles. The maximum absolute atomic E-state index is 12.2. The molecule has 2 rings (SSSR count). The fraction of sp³-hybridized carbons (Fsp3) is 0.0769. The molecular weight excluding hydrogens is 286 g/mol. The van der Waals surface area contributed by atoms with E-state index in [1.165, 1.54) is 30.3 Å². The minimum Gasteiger partial charge on any atom is -0.508 e. The fourth-order valence-electron chi connectivity index (χ4n) is 1.62. The summed E-state index contributed by atoms with van der Waals surface area (Å²) in [6.07, 6.45) is 0. The van der Waals surface area contributed by atoms with E-state index in [0.29, 0.717) is 11.3 Å². The molecule has 100 valence electrons. The van der Waals surface area contributed by atoms with Crippen molar-refractivity contribution in [3.05, 3.63) is 53.1 Å². The van der Waals surface area contributed by atoms with Crippen molar-refractivity contribution in [3.63, 3.8) is 0 Å². The second kappa shape index (κ2) is 5.11. The van der Waals surface area contributed by atoms with E-state index < -0.39 is 10.0 Å². The quantitative estimate of drug-likeness (QED) is 0.855. The molecule has 0 bridgehead atoms. The second-order valence-electron chi connectivity index (χ2n) is 4.04. The van der Waals surface area contributed by atoms with Gasteiger partial charge in [0, 0.05) is 0 Å². The van der Waals surface area contributed by atoms with Gasteiger partial charge in [-0.1, -0.05) is 23.7 Å². The molecule has 0 aliphatic heterocycles. The summed E-state index contributed by atoms with van der Waals surface area (Å²) in [5.74, 6) is 0.0817. The molecule has 6 heteroatoms. The highest BCUT2D eigenvalue weighted by atomic mass is 35.5. The maximum atomic E-state index is 12.2. The molecule has 0 amide bonds. The first-order chi connectivity index (χ1) is 8.90. The van der Waals surface area contributed by atoms with Gasteiger partial charge in [-0.15, -0.1) is 0 Å². The Balaban J connectivity index is 2.40. The first kappa shape index (κ1) is 13.7. The van der Waals surface area contributed by atoms with Crippen molar-refractivity contribution in [1.82, 2.24) is 0 Å². The Labute approximate surface area is 116 Å². The molecular formula is C13H12ClNO3S. The van der Waals surface area contributed by atoms with Gasteiger partial charge in [-0.2, -0.15) is 0 Å². The van der Waals surface area contributed by atoms with Gasteiger partial charge in [-0.25, -0.2) is 8.42 Å². The van der Waals surface area contributed by atoms with Crippen molar-refractivity contribution in [2.75, 3.05) is 4.72 Å². The Hall–Kier alpha value is -1.72. The van der Waals surface area contributed by atoms with E-state index in [1.54, 1.807) is 19.1 Å². The van der Waals surface area contributed by atoms with Crippen LogP contribution in [-0.2, 0) is 10.0 Å². The van der Waals surface area contributed by atoms with Crippen LogP contribution in [0.4, 0.5) is 5.69 Å². The van der Waals surface area contributed by atoms with Crippen LogP contribution in [0, 0.1) is 6.92 Å². The molecule has 0 aliphatic carbocycles. The second-order valence-corrected chi connectivity index (χ2v) is 6.09. The smallest absolute Gasteiger partial charge is 0.263 e. The summed E-state index contributed by atoms with van der Waals surface area (Å²) in [5.41, 5.74) is 1.02. The van der Waals surface area contributed by atoms with Crippen molar-refractivity contribution in [2.45, 2.75) is 11.8 Å². The van der Waals surface area contributed by atoms with Crippen LogP contribution in [0.5, 0.6) is 5.75 Å². The van der Waals surface area contributed by atoms with Crippen LogP contribution in [0.15, 0.2) is 47.4 Å². The maximum Gasteiger partial charge on any atom is 0.263 e. The molecule has 19 heavy (non-hydrogen) atoms. The Morgan fingerprint density at radius 2 is 1.84 bits per heavy atom. The molecule has 4 nitrogen and oxygen atoms in total. The number of aromatic hydroxyl groups is 1. The molecule has 0 fully saturated rings. The number of sulfonamides is 1. The Morgan fingerprint density at radius 3 is 2.47 bits per heavy atom. The van der Waals surface area contributed by atoms with Gasteiger partial charge >= 0.3 is 0 Å². The third kappa shape index (κ3) is 3.00. The third-order valence-corrected chi connectivity index (χ3v) is 4.45. The number of anilines is 1. The number of halogens is 1. The number of phenols is 1. The van der Waals surface area contributed by atoms with Gasteiger partial charge in [0.05, 0.1) is 10.7 Å². The Morgan fingerprint density at radius 1 is 1.16 bits per heavy atom. The third-order valence-electron chi connectivity index (χ3n) is 2.58. The van der Waals surface area contributed by atoms with E-state index in [0.717, 1.165) is 0 Å². The summed E-state index contributed by atoms with van der Waals surface area (Å²) in [7, 11) is -3.74. The molecule has 0 spiro atoms. The van der Waals surface area contributed by atoms with E-state index in [9.17, 15) is 13.5 Å². The zero-order valence-corrected chi connectivity index (χ0v) is 11.7. The number of benzene rings is 2. The number of aryl methyl sites for hydroxylation is 1. The molecule has 0 atom stereocenters. The van der Waals surface area contributed by atoms with Crippen molar-refractivity contribution < 1.29 is 13.5 Å². The molecule has 0 saturated carbocycles. The first-order valence-corrected chi connectivity index (χ1v) is 7.33. The highest BCUT2D eigenvalue weighted by molar-refractivity contribution is 7.92. The average Bonchev–Trinajstić information content (AvgIpc) is 2.33. The van der Waals surface area contributed by atoms with E-state index in [1.807, 2.05) is 0 Å². The molecule has 0 radical (unpaired) electrons. The lowest BCUT2D eigenvalue weighted by Crippen LogP contribution is -2.14. The summed E-state index contributed by atoms with van der Waals surface area (Å²) in [4.78, 5) is 0.0177. The summed E-state index contributed by atoms with van der Waals surface area (Å²) < 4.78 is 26.9. The van der Waals surface area contributed by atoms with Crippen LogP contribution in [0.2, 0.25) is 5.02 Å². The van der Waals surface area contributed by atoms with Gasteiger partial charge in [0.15, 0.2) is 0 Å². The van der Waals surface area contributed by atoms with Crippen molar-refractivity contribution in [1.29, 1.82) is 0 Å². The van der Waals surface area contributed by atoms with Gasteiger partial charge in [0.1, 0.15) is 10.6 Å². The predicted octanol–water partition coefficient (Wildman–Crippen LogP) is 3.15. The van der Waals surface area contributed by atoms with E-state index >= 15 is 0 Å². The molecule has 0 heterocycles. The van der Waals surface area contributed by atoms with Crippen molar-refractivity contribution in [2.24, 2.45) is 0 Å². The number of nitrogens with one attached hydrogen (secondary N) is 1. The van der Waals surface area contributed by atoms with E-state index in [-0.39, 0.29) is 15.7 Å². The molecule has 0 saturated heterocycles. The van der Waals surface area contributed by atoms with Crippen LogP contribution in [0.3, 0.4) is 0 Å². The van der Waals surface area contributed by atoms with Crippen LogP contribution >= 0.6 is 11.6 Å². The standard InChI is InChI=1S/C13H12ClNO3S/c1-9-8-10(16)6-7-12(9)15-19(17,18)13-5-3-2-4-11(13)14/h2-8,15-16H,1H3. The van der Waals surface area contributed by atoms with Gasteiger partial charge in [0.25, 0.3) is 10.0 Å². The number of hydrogen-bond donors (Lipinski definition) is 2. The summed E-state index contributed by atoms with van der Waals surface area (Å²) >= 11 is 5.88. The number of hydrogen-bond acceptors (Lipinski definition) is 3. The van der Waals surface area contributed by atoms with Crippen LogP contribution < -0.4 is 4.72 Å². The number of phenolic OH excluding ortho intramolecular Hbond substituents is 1. The van der Waals surface area contributed by atoms with Crippen LogP contribution in [0.25, 0.3) is 0 Å². The average molecular weight is 298 g/mol. The normalized spacial score (nSPS) is 11.3. The van der Waals surface area contributed by atoms with Crippen LogP contribution in [-0.4, -0.2) is 13.5 Å². The fourth-order valence-corrected chi connectivity index (χ4v) is 3.28. The minimum absolute atomic E-state index is 0.0177. The Bertz CT molecular complexity index is 714. The van der Waals surface area contributed by atoms with Gasteiger partial charge in [-0.05, 0) is 42.8 Å². The summed E-state index contributed by atoms with van der Waals surface area (Å²) in [5, 5.41) is 9.46. The summed E-state index contributed by atoms with van der Waals surface area (Å²) in [6.45, 7) is 1.70. The molecule has 0 aliphatic rings. The summed E-state index contributed by atoms with van der Waals surface area (Å²) in [6, 6.07) is 10.6. The van der Waals surface area contributed by atoms with Crippen LogP contribution in [0.1, 0.15) is 5.56 Å². The minimum atomic E-state index is -3.74. The monoisotopic (exact) mass is 297 g/mol. The zero-order chi connectivity index (χ0) is 14.0. The molecule has 2 N–H and O–H groups in total. The highest BCUT2D eigenvalue weighted by Gasteiger charge is 2.18.